The van der Waals surface area contributed by atoms with E-state index >= 15 is 0 Å². The van der Waals surface area contributed by atoms with E-state index in [2.05, 4.69) is 12.2 Å². The molecule has 2 rings (SSSR count). The summed E-state index contributed by atoms with van der Waals surface area (Å²) in [5.41, 5.74) is 2.10. The molecule has 0 aliphatic carbocycles. The van der Waals surface area contributed by atoms with E-state index in [1.165, 1.54) is 17.3 Å². The number of rotatable bonds is 6. The quantitative estimate of drug-likeness (QED) is 0.804. The molecule has 0 saturated heterocycles. The predicted octanol–water partition coefficient (Wildman–Crippen LogP) is 4.38. The number of nitrogens with one attached hydrogen (secondary N) is 1. The summed E-state index contributed by atoms with van der Waals surface area (Å²) in [7, 11) is 1.64. The smallest absolute Gasteiger partial charge is 0.237 e. The number of methoxy groups -OCH3 is 1. The van der Waals surface area contributed by atoms with Gasteiger partial charge in [-0.3, -0.25) is 4.79 Å². The van der Waals surface area contributed by atoms with Gasteiger partial charge in [-0.05, 0) is 55.3 Å². The fourth-order valence-electron chi connectivity index (χ4n) is 1.98. The van der Waals surface area contributed by atoms with Gasteiger partial charge in [0.25, 0.3) is 0 Å². The van der Waals surface area contributed by atoms with Crippen molar-refractivity contribution in [2.75, 3.05) is 12.4 Å². The maximum absolute atomic E-state index is 12.2. The van der Waals surface area contributed by atoms with E-state index < -0.39 is 0 Å². The molecular weight excluding hydrogens is 294 g/mol. The van der Waals surface area contributed by atoms with Gasteiger partial charge in [-0.1, -0.05) is 19.1 Å². The second kappa shape index (κ2) is 7.90. The summed E-state index contributed by atoms with van der Waals surface area (Å²) in [6, 6.07) is 15.7. The minimum Gasteiger partial charge on any atom is -0.497 e. The molecule has 3 nitrogen and oxygen atoms in total. The highest BCUT2D eigenvalue weighted by atomic mass is 32.2. The Bertz CT molecular complexity index is 608. The van der Waals surface area contributed by atoms with E-state index in [4.69, 9.17) is 4.74 Å². The van der Waals surface area contributed by atoms with Gasteiger partial charge in [0.05, 0.1) is 12.4 Å². The zero-order valence-corrected chi connectivity index (χ0v) is 13.9. The SMILES string of the molecule is CCc1ccc(NC(=O)C(C)Sc2ccc(OC)cc2)cc1. The van der Waals surface area contributed by atoms with Crippen LogP contribution in [-0.2, 0) is 11.2 Å². The van der Waals surface area contributed by atoms with Crippen LogP contribution in [0.25, 0.3) is 0 Å². The number of thioether (sulfide) groups is 1. The van der Waals surface area contributed by atoms with Crippen LogP contribution in [0.1, 0.15) is 19.4 Å². The molecule has 116 valence electrons. The number of benzene rings is 2. The van der Waals surface area contributed by atoms with E-state index in [0.29, 0.717) is 0 Å². The van der Waals surface area contributed by atoms with Crippen molar-refractivity contribution in [3.8, 4) is 5.75 Å². The van der Waals surface area contributed by atoms with Crippen LogP contribution in [0.5, 0.6) is 5.75 Å². The highest BCUT2D eigenvalue weighted by molar-refractivity contribution is 8.00. The van der Waals surface area contributed by atoms with Crippen molar-refractivity contribution >= 4 is 23.4 Å². The van der Waals surface area contributed by atoms with Crippen LogP contribution in [-0.4, -0.2) is 18.3 Å². The molecule has 0 aromatic heterocycles. The maximum Gasteiger partial charge on any atom is 0.237 e. The van der Waals surface area contributed by atoms with Gasteiger partial charge in [-0.15, -0.1) is 11.8 Å². The van der Waals surface area contributed by atoms with E-state index in [0.717, 1.165) is 22.8 Å². The highest BCUT2D eigenvalue weighted by Crippen LogP contribution is 2.26. The van der Waals surface area contributed by atoms with E-state index in [1.807, 2.05) is 55.5 Å². The molecule has 0 aliphatic rings. The molecule has 2 aromatic carbocycles. The minimum absolute atomic E-state index is 0.00469. The molecule has 0 bridgehead atoms. The van der Waals surface area contributed by atoms with Crippen LogP contribution in [0.15, 0.2) is 53.4 Å². The Morgan fingerprint density at radius 2 is 1.77 bits per heavy atom. The number of hydrogen-bond donors (Lipinski definition) is 1. The average molecular weight is 315 g/mol. The topological polar surface area (TPSA) is 38.3 Å². The first-order valence-electron chi connectivity index (χ1n) is 7.33. The third kappa shape index (κ3) is 4.53. The van der Waals surface area contributed by atoms with Gasteiger partial charge in [0.1, 0.15) is 5.75 Å². The molecule has 1 N–H and O–H groups in total. The Kier molecular flexibility index (Phi) is 5.90. The van der Waals surface area contributed by atoms with Crippen LogP contribution in [0.4, 0.5) is 5.69 Å². The summed E-state index contributed by atoms with van der Waals surface area (Å²) in [6.07, 6.45) is 0.998. The Morgan fingerprint density at radius 3 is 2.32 bits per heavy atom. The molecule has 2 aromatic rings. The van der Waals surface area contributed by atoms with Gasteiger partial charge in [0.15, 0.2) is 0 Å². The lowest BCUT2D eigenvalue weighted by atomic mass is 10.1. The third-order valence-corrected chi connectivity index (χ3v) is 4.48. The number of ether oxygens (including phenoxy) is 1. The van der Waals surface area contributed by atoms with E-state index in [-0.39, 0.29) is 11.2 Å². The Morgan fingerprint density at radius 1 is 1.14 bits per heavy atom. The highest BCUT2D eigenvalue weighted by Gasteiger charge is 2.14. The van der Waals surface area contributed by atoms with Crippen molar-refractivity contribution in [3.63, 3.8) is 0 Å². The standard InChI is InChI=1S/C18H21NO2S/c1-4-14-5-7-15(8-6-14)19-18(20)13(2)22-17-11-9-16(21-3)10-12-17/h5-13H,4H2,1-3H3,(H,19,20). The third-order valence-electron chi connectivity index (χ3n) is 3.37. The summed E-state index contributed by atoms with van der Waals surface area (Å²) in [4.78, 5) is 13.3. The van der Waals surface area contributed by atoms with Gasteiger partial charge in [0.2, 0.25) is 5.91 Å². The number of aryl methyl sites for hydroxylation is 1. The molecule has 1 amide bonds. The van der Waals surface area contributed by atoms with Gasteiger partial charge in [-0.2, -0.15) is 0 Å². The summed E-state index contributed by atoms with van der Waals surface area (Å²) in [5.74, 6) is 0.822. The van der Waals surface area contributed by atoms with Crippen molar-refractivity contribution in [3.05, 3.63) is 54.1 Å². The normalized spacial score (nSPS) is 11.8. The Balaban J connectivity index is 1.92. The first-order chi connectivity index (χ1) is 10.6. The summed E-state index contributed by atoms with van der Waals surface area (Å²) < 4.78 is 5.13. The van der Waals surface area contributed by atoms with Crippen molar-refractivity contribution < 1.29 is 9.53 Å². The van der Waals surface area contributed by atoms with Gasteiger partial charge in [-0.25, -0.2) is 0 Å². The molecule has 1 atom stereocenters. The average Bonchev–Trinajstić information content (AvgIpc) is 2.56. The second-order valence-corrected chi connectivity index (χ2v) is 6.39. The molecule has 0 heterocycles. The lowest BCUT2D eigenvalue weighted by Crippen LogP contribution is -2.22. The first-order valence-corrected chi connectivity index (χ1v) is 8.21. The van der Waals surface area contributed by atoms with Gasteiger partial charge < -0.3 is 10.1 Å². The maximum atomic E-state index is 12.2. The molecule has 0 radical (unpaired) electrons. The summed E-state index contributed by atoms with van der Waals surface area (Å²) in [5, 5.41) is 2.78. The predicted molar refractivity (Wildman–Crippen MR) is 92.8 cm³/mol. The van der Waals surface area contributed by atoms with Crippen molar-refractivity contribution in [2.45, 2.75) is 30.4 Å². The first kappa shape index (κ1) is 16.4. The summed E-state index contributed by atoms with van der Waals surface area (Å²) in [6.45, 7) is 4.02. The van der Waals surface area contributed by atoms with Gasteiger partial charge >= 0.3 is 0 Å². The zero-order chi connectivity index (χ0) is 15.9. The molecule has 0 fully saturated rings. The number of anilines is 1. The van der Waals surface area contributed by atoms with Crippen molar-refractivity contribution in [1.29, 1.82) is 0 Å². The number of amides is 1. The molecule has 0 aliphatic heterocycles. The zero-order valence-electron chi connectivity index (χ0n) is 13.1. The molecule has 4 heteroatoms. The van der Waals surface area contributed by atoms with Crippen LogP contribution < -0.4 is 10.1 Å². The Labute approximate surface area is 136 Å². The summed E-state index contributed by atoms with van der Waals surface area (Å²) >= 11 is 1.53. The largest absolute Gasteiger partial charge is 0.497 e. The number of carbonyl (C=O) groups is 1. The van der Waals surface area contributed by atoms with Gasteiger partial charge in [0, 0.05) is 10.6 Å². The second-order valence-electron chi connectivity index (χ2n) is 4.98. The lowest BCUT2D eigenvalue weighted by Gasteiger charge is -2.12. The molecule has 0 saturated carbocycles. The fourth-order valence-corrected chi connectivity index (χ4v) is 2.85. The molecule has 1 unspecified atom stereocenters. The van der Waals surface area contributed by atoms with E-state index in [1.54, 1.807) is 7.11 Å². The lowest BCUT2D eigenvalue weighted by molar-refractivity contribution is -0.115. The van der Waals surface area contributed by atoms with Crippen molar-refractivity contribution in [2.24, 2.45) is 0 Å². The molecule has 22 heavy (non-hydrogen) atoms. The number of hydrogen-bond acceptors (Lipinski definition) is 3. The number of carbonyl (C=O) groups excluding carboxylic acids is 1. The van der Waals surface area contributed by atoms with Crippen LogP contribution in [0.3, 0.4) is 0 Å². The molecule has 0 spiro atoms. The fraction of sp³-hybridized carbons (Fsp3) is 0.278. The monoisotopic (exact) mass is 315 g/mol. The minimum atomic E-state index is -0.167. The van der Waals surface area contributed by atoms with Crippen LogP contribution in [0, 0.1) is 0 Å². The van der Waals surface area contributed by atoms with E-state index in [9.17, 15) is 4.79 Å². The van der Waals surface area contributed by atoms with Crippen LogP contribution >= 0.6 is 11.8 Å². The Hall–Kier alpha value is -1.94. The van der Waals surface area contributed by atoms with Crippen LogP contribution in [0.2, 0.25) is 0 Å². The van der Waals surface area contributed by atoms with Crippen molar-refractivity contribution in [1.82, 2.24) is 0 Å². The molecular formula is C18H21NO2S.